The summed E-state index contributed by atoms with van der Waals surface area (Å²) in [6.07, 6.45) is 13.9. The molecule has 5 rings (SSSR count). The maximum Gasteiger partial charge on any atom is 0.516 e. The molecule has 11 heteroatoms. The molecule has 1 aromatic rings. The molecule has 50 heavy (non-hydrogen) atoms. The molecule has 8 nitrogen and oxygen atoms in total. The van der Waals surface area contributed by atoms with Crippen LogP contribution in [0.4, 0.5) is 16.2 Å². The van der Waals surface area contributed by atoms with Crippen molar-refractivity contribution < 1.29 is 28.7 Å². The van der Waals surface area contributed by atoms with Crippen molar-refractivity contribution in [1.29, 1.82) is 0 Å². The standard InChI is InChI=1S/C39H53I3N2O6/c1-20(2)9-8-10-21(3)27-13-14-28-26-12-11-24-19-25(15-17-38(24,6)29(26)16-18-39(27,28)7)49-37(48)50-36(47)30-31(40)34(43-22(4)45)33(42)35(32(30)41)44-23(5)46/h11,20-21,25-29H,8-10,12-19H2,1-7H3,(H,43,45)(H,44,46). The van der Waals surface area contributed by atoms with E-state index in [-0.39, 0.29) is 28.9 Å². The fourth-order valence-corrected chi connectivity index (χ4v) is 14.6. The Labute approximate surface area is 339 Å². The second kappa shape index (κ2) is 16.2. The van der Waals surface area contributed by atoms with Crippen LogP contribution in [-0.2, 0) is 19.1 Å². The second-order valence-corrected chi connectivity index (χ2v) is 19.6. The first-order valence-corrected chi connectivity index (χ1v) is 21.6. The average molecular weight is 1030 g/mol. The van der Waals surface area contributed by atoms with Crippen molar-refractivity contribution in [2.45, 2.75) is 125 Å². The molecule has 276 valence electrons. The Kier molecular flexibility index (Phi) is 13.0. The van der Waals surface area contributed by atoms with Gasteiger partial charge in [-0.3, -0.25) is 9.59 Å². The molecule has 0 spiro atoms. The molecule has 0 heterocycles. The van der Waals surface area contributed by atoms with Gasteiger partial charge in [0.15, 0.2) is 0 Å². The molecule has 4 aliphatic rings. The minimum Gasteiger partial charge on any atom is -0.430 e. The molecule has 4 aliphatic carbocycles. The Bertz CT molecular complexity index is 1520. The van der Waals surface area contributed by atoms with E-state index in [1.807, 2.05) is 67.8 Å². The van der Waals surface area contributed by atoms with Gasteiger partial charge in [-0.15, -0.1) is 0 Å². The Morgan fingerprint density at radius 3 is 2.10 bits per heavy atom. The topological polar surface area (TPSA) is 111 Å². The van der Waals surface area contributed by atoms with E-state index in [9.17, 15) is 19.2 Å². The van der Waals surface area contributed by atoms with Crippen LogP contribution in [0, 0.1) is 57.0 Å². The molecule has 0 radical (unpaired) electrons. The molecule has 0 aliphatic heterocycles. The molecular weight excluding hydrogens is 973 g/mol. The van der Waals surface area contributed by atoms with Gasteiger partial charge in [0.05, 0.1) is 27.6 Å². The number of hydrogen-bond acceptors (Lipinski definition) is 6. The number of amides is 2. The number of fused-ring (bicyclic) bond motifs is 5. The number of benzene rings is 1. The highest BCUT2D eigenvalue weighted by molar-refractivity contribution is 14.1. The number of allylic oxidation sites excluding steroid dienone is 1. The summed E-state index contributed by atoms with van der Waals surface area (Å²) in [7, 11) is 0. The first-order valence-electron chi connectivity index (χ1n) is 18.4. The summed E-state index contributed by atoms with van der Waals surface area (Å²) in [5.74, 6) is 3.01. The molecule has 0 bridgehead atoms. The van der Waals surface area contributed by atoms with E-state index in [4.69, 9.17) is 9.47 Å². The summed E-state index contributed by atoms with van der Waals surface area (Å²) < 4.78 is 12.5. The van der Waals surface area contributed by atoms with E-state index in [0.29, 0.717) is 39.8 Å². The van der Waals surface area contributed by atoms with Gasteiger partial charge in [-0.2, -0.15) is 0 Å². The minimum absolute atomic E-state index is 0.0803. The molecule has 3 fully saturated rings. The van der Waals surface area contributed by atoms with Crippen LogP contribution in [-0.4, -0.2) is 30.0 Å². The Hall–Kier alpha value is -0.970. The highest BCUT2D eigenvalue weighted by atomic mass is 127. The highest BCUT2D eigenvalue weighted by Crippen LogP contribution is 2.67. The van der Waals surface area contributed by atoms with Crippen LogP contribution in [0.3, 0.4) is 0 Å². The Balaban J connectivity index is 1.25. The number of rotatable bonds is 9. The van der Waals surface area contributed by atoms with E-state index in [2.05, 4.69) is 51.3 Å². The summed E-state index contributed by atoms with van der Waals surface area (Å²) in [4.78, 5) is 50.5. The largest absolute Gasteiger partial charge is 0.516 e. The Morgan fingerprint density at radius 2 is 1.50 bits per heavy atom. The molecule has 8 unspecified atom stereocenters. The lowest BCUT2D eigenvalue weighted by atomic mass is 9.47. The maximum absolute atomic E-state index is 13.5. The molecule has 8 atom stereocenters. The third-order valence-electron chi connectivity index (χ3n) is 12.8. The third-order valence-corrected chi connectivity index (χ3v) is 16.1. The minimum atomic E-state index is -1.03. The van der Waals surface area contributed by atoms with Gasteiger partial charge in [0.2, 0.25) is 11.8 Å². The van der Waals surface area contributed by atoms with E-state index in [1.165, 1.54) is 64.4 Å². The first-order chi connectivity index (χ1) is 23.5. The summed E-state index contributed by atoms with van der Waals surface area (Å²) in [5, 5.41) is 5.48. The number of carbonyl (C=O) groups excluding carboxylic acids is 4. The Morgan fingerprint density at radius 1 is 0.860 bits per heavy atom. The van der Waals surface area contributed by atoms with Crippen LogP contribution in [0.25, 0.3) is 0 Å². The molecular formula is C39H53I3N2O6. The average Bonchev–Trinajstić information content (AvgIpc) is 3.38. The zero-order valence-corrected chi connectivity index (χ0v) is 37.0. The molecule has 2 N–H and O–H groups in total. The number of anilines is 2. The number of carbonyl (C=O) groups is 4. The lowest BCUT2D eigenvalue weighted by molar-refractivity contribution is -0.115. The van der Waals surface area contributed by atoms with Crippen LogP contribution in [0.5, 0.6) is 0 Å². The summed E-state index contributed by atoms with van der Waals surface area (Å²) in [5.41, 5.74) is 2.76. The van der Waals surface area contributed by atoms with Gasteiger partial charge in [0.1, 0.15) is 6.10 Å². The zero-order chi connectivity index (χ0) is 36.7. The molecule has 2 amide bonds. The molecule has 0 aromatic heterocycles. The highest BCUT2D eigenvalue weighted by Gasteiger charge is 2.59. The van der Waals surface area contributed by atoms with Gasteiger partial charge in [0, 0.05) is 20.3 Å². The lowest BCUT2D eigenvalue weighted by Gasteiger charge is -2.58. The summed E-state index contributed by atoms with van der Waals surface area (Å²) in [6.45, 7) is 15.0. The van der Waals surface area contributed by atoms with Gasteiger partial charge in [-0.25, -0.2) is 9.59 Å². The first kappa shape index (κ1) is 40.2. The predicted octanol–water partition coefficient (Wildman–Crippen LogP) is 11.1. The predicted molar refractivity (Wildman–Crippen MR) is 222 cm³/mol. The van der Waals surface area contributed by atoms with Crippen molar-refractivity contribution in [2.75, 3.05) is 10.6 Å². The van der Waals surface area contributed by atoms with E-state index in [0.717, 1.165) is 48.9 Å². The van der Waals surface area contributed by atoms with Crippen LogP contribution >= 0.6 is 67.8 Å². The third kappa shape index (κ3) is 8.08. The summed E-state index contributed by atoms with van der Waals surface area (Å²) in [6, 6.07) is 0. The van der Waals surface area contributed by atoms with Crippen molar-refractivity contribution in [3.8, 4) is 0 Å². The number of esters is 1. The van der Waals surface area contributed by atoms with Crippen LogP contribution in [0.1, 0.15) is 129 Å². The monoisotopic (exact) mass is 1030 g/mol. The maximum atomic E-state index is 13.5. The van der Waals surface area contributed by atoms with Crippen molar-refractivity contribution in [3.05, 3.63) is 27.9 Å². The van der Waals surface area contributed by atoms with E-state index < -0.39 is 12.1 Å². The number of nitrogens with one attached hydrogen (secondary N) is 2. The zero-order valence-electron chi connectivity index (χ0n) is 30.5. The number of hydrogen-bond donors (Lipinski definition) is 2. The lowest BCUT2D eigenvalue weighted by Crippen LogP contribution is -2.51. The number of ether oxygens (including phenoxy) is 2. The van der Waals surface area contributed by atoms with Crippen molar-refractivity contribution >= 4 is 103 Å². The smallest absolute Gasteiger partial charge is 0.430 e. The van der Waals surface area contributed by atoms with Crippen molar-refractivity contribution in [3.63, 3.8) is 0 Å². The summed E-state index contributed by atoms with van der Waals surface area (Å²) >= 11 is 5.93. The van der Waals surface area contributed by atoms with Crippen LogP contribution in [0.2, 0.25) is 0 Å². The van der Waals surface area contributed by atoms with Gasteiger partial charge in [-0.1, -0.05) is 65.5 Å². The number of halogens is 3. The molecule has 1 aromatic carbocycles. The normalized spacial score (nSPS) is 30.7. The van der Waals surface area contributed by atoms with Crippen LogP contribution < -0.4 is 10.6 Å². The fourth-order valence-electron chi connectivity index (χ4n) is 10.5. The van der Waals surface area contributed by atoms with Crippen molar-refractivity contribution in [2.24, 2.45) is 46.3 Å². The van der Waals surface area contributed by atoms with Gasteiger partial charge < -0.3 is 20.1 Å². The molecule has 3 saturated carbocycles. The van der Waals surface area contributed by atoms with E-state index >= 15 is 0 Å². The van der Waals surface area contributed by atoms with Crippen molar-refractivity contribution in [1.82, 2.24) is 0 Å². The molecule has 0 saturated heterocycles. The quantitative estimate of drug-likeness (QED) is 0.110. The van der Waals surface area contributed by atoms with Gasteiger partial charge >= 0.3 is 12.1 Å². The van der Waals surface area contributed by atoms with Gasteiger partial charge in [0.25, 0.3) is 0 Å². The van der Waals surface area contributed by atoms with E-state index in [1.54, 1.807) is 0 Å². The fraction of sp³-hybridized carbons (Fsp3) is 0.692. The van der Waals surface area contributed by atoms with Crippen LogP contribution in [0.15, 0.2) is 11.6 Å². The van der Waals surface area contributed by atoms with Gasteiger partial charge in [-0.05, 0) is 159 Å². The SMILES string of the molecule is CC(=O)Nc1c(I)c(NC(C)=O)c(I)c(C(=O)OC(=O)OC2CCC3(C)C(=CCC4C3CCC3(C)C(C(C)CCCC(C)C)CCC43)C2)c1I. The second-order valence-electron chi connectivity index (χ2n) is 16.3.